The number of aryl methyl sites for hydroxylation is 1. The number of benzene rings is 2. The van der Waals surface area contributed by atoms with Crippen LogP contribution in [0.5, 0.6) is 0 Å². The number of carbonyl (C=O) groups excluding carboxylic acids is 2. The summed E-state index contributed by atoms with van der Waals surface area (Å²) in [5, 5.41) is 14.9. The largest absolute Gasteiger partial charge is 0.478 e. The van der Waals surface area contributed by atoms with Gasteiger partial charge in [-0.25, -0.2) is 19.2 Å². The van der Waals surface area contributed by atoms with E-state index in [1.54, 1.807) is 38.1 Å². The van der Waals surface area contributed by atoms with Crippen molar-refractivity contribution in [3.05, 3.63) is 87.6 Å². The number of aromatic carboxylic acids is 1. The van der Waals surface area contributed by atoms with E-state index < -0.39 is 11.9 Å². The maximum absolute atomic E-state index is 13.4. The van der Waals surface area contributed by atoms with Crippen LogP contribution >= 0.6 is 0 Å². The second-order valence-corrected chi connectivity index (χ2v) is 8.27. The second kappa shape index (κ2) is 9.38. The maximum atomic E-state index is 13.4. The average molecular weight is 462 g/mol. The monoisotopic (exact) mass is 462 g/mol. The molecular formula is C25H23FN4O4. The number of nitrogens with one attached hydrogen (secondary N) is 2. The molecule has 0 unspecified atom stereocenters. The number of anilines is 1. The molecular weight excluding hydrogens is 439 g/mol. The molecule has 1 aliphatic rings. The summed E-state index contributed by atoms with van der Waals surface area (Å²) in [4.78, 5) is 44.6. The Kier molecular flexibility index (Phi) is 6.36. The molecule has 1 atom stereocenters. The summed E-state index contributed by atoms with van der Waals surface area (Å²) in [6.45, 7) is 3.40. The van der Waals surface area contributed by atoms with Crippen LogP contribution in [0.3, 0.4) is 0 Å². The summed E-state index contributed by atoms with van der Waals surface area (Å²) in [6, 6.07) is 8.89. The van der Waals surface area contributed by atoms with Crippen LogP contribution in [0.25, 0.3) is 0 Å². The lowest BCUT2D eigenvalue weighted by molar-refractivity contribution is -0.115. The molecule has 1 aromatic heterocycles. The molecule has 1 aliphatic carbocycles. The van der Waals surface area contributed by atoms with Gasteiger partial charge in [-0.3, -0.25) is 9.59 Å². The molecule has 0 radical (unpaired) electrons. The van der Waals surface area contributed by atoms with Gasteiger partial charge in [0.25, 0.3) is 5.91 Å². The molecule has 0 aliphatic heterocycles. The van der Waals surface area contributed by atoms with Gasteiger partial charge in [-0.1, -0.05) is 18.2 Å². The molecule has 9 heteroatoms. The van der Waals surface area contributed by atoms with E-state index in [9.17, 15) is 23.9 Å². The van der Waals surface area contributed by atoms with Crippen molar-refractivity contribution in [1.82, 2.24) is 15.3 Å². The van der Waals surface area contributed by atoms with Gasteiger partial charge in [0.2, 0.25) is 5.91 Å². The van der Waals surface area contributed by atoms with E-state index in [1.807, 2.05) is 0 Å². The minimum Gasteiger partial charge on any atom is -0.478 e. The van der Waals surface area contributed by atoms with Crippen LogP contribution in [0.15, 0.2) is 42.7 Å². The molecule has 0 bridgehead atoms. The Morgan fingerprint density at radius 2 is 1.91 bits per heavy atom. The zero-order valence-electron chi connectivity index (χ0n) is 18.7. The number of carbonyl (C=O) groups is 3. The van der Waals surface area contributed by atoms with Crippen molar-refractivity contribution in [3.8, 4) is 0 Å². The molecule has 3 aromatic rings. The van der Waals surface area contributed by atoms with Crippen LogP contribution < -0.4 is 10.6 Å². The Hall–Kier alpha value is -4.14. The molecule has 34 heavy (non-hydrogen) atoms. The van der Waals surface area contributed by atoms with E-state index in [2.05, 4.69) is 20.6 Å². The minimum atomic E-state index is -0.974. The molecule has 0 spiro atoms. The van der Waals surface area contributed by atoms with Crippen molar-refractivity contribution in [1.29, 1.82) is 0 Å². The van der Waals surface area contributed by atoms with E-state index >= 15 is 0 Å². The van der Waals surface area contributed by atoms with E-state index in [0.717, 1.165) is 11.1 Å². The van der Waals surface area contributed by atoms with E-state index in [0.29, 0.717) is 29.5 Å². The normalized spacial score (nSPS) is 14.4. The van der Waals surface area contributed by atoms with Gasteiger partial charge in [0, 0.05) is 6.07 Å². The number of halogens is 1. The van der Waals surface area contributed by atoms with Gasteiger partial charge in [0.05, 0.1) is 18.0 Å². The molecule has 174 valence electrons. The molecule has 0 saturated heterocycles. The molecule has 4 rings (SSSR count). The summed E-state index contributed by atoms with van der Waals surface area (Å²) in [6.07, 6.45) is 2.54. The lowest BCUT2D eigenvalue weighted by atomic mass is 9.98. The number of fused-ring (bicyclic) bond motifs is 1. The number of hydrogen-bond acceptors (Lipinski definition) is 5. The van der Waals surface area contributed by atoms with E-state index in [-0.39, 0.29) is 41.3 Å². The number of amides is 2. The fourth-order valence-electron chi connectivity index (χ4n) is 4.23. The number of hydrogen-bond donors (Lipinski definition) is 3. The fourth-order valence-corrected chi connectivity index (χ4v) is 4.23. The first-order valence-electron chi connectivity index (χ1n) is 10.8. The van der Waals surface area contributed by atoms with Crippen LogP contribution in [-0.4, -0.2) is 32.9 Å². The number of carboxylic acid groups (broad SMARTS) is 1. The summed E-state index contributed by atoms with van der Waals surface area (Å²) in [7, 11) is 0. The smallest absolute Gasteiger partial charge is 0.335 e. The van der Waals surface area contributed by atoms with Gasteiger partial charge >= 0.3 is 5.97 Å². The molecule has 2 amide bonds. The highest BCUT2D eigenvalue weighted by Gasteiger charge is 2.28. The Balaban J connectivity index is 1.43. The van der Waals surface area contributed by atoms with Crippen LogP contribution in [0.1, 0.15) is 61.1 Å². The SMILES string of the molecule is Cc1cc(CC(=O)Nc2cc(C(=O)N[C@H]3CCc4c3ccc(C(=O)O)c4C)ncn2)ccc1F. The van der Waals surface area contributed by atoms with Crippen molar-refractivity contribution < 1.29 is 23.9 Å². The summed E-state index contributed by atoms with van der Waals surface area (Å²) >= 11 is 0. The predicted molar refractivity (Wildman–Crippen MR) is 122 cm³/mol. The first-order valence-corrected chi connectivity index (χ1v) is 10.8. The third-order valence-electron chi connectivity index (χ3n) is 5.98. The van der Waals surface area contributed by atoms with Crippen molar-refractivity contribution >= 4 is 23.6 Å². The number of rotatable bonds is 6. The van der Waals surface area contributed by atoms with Crippen molar-refractivity contribution in [2.75, 3.05) is 5.32 Å². The van der Waals surface area contributed by atoms with Gasteiger partial charge in [0.15, 0.2) is 0 Å². The highest BCUT2D eigenvalue weighted by atomic mass is 19.1. The van der Waals surface area contributed by atoms with Crippen molar-refractivity contribution in [2.24, 2.45) is 0 Å². The summed E-state index contributed by atoms with van der Waals surface area (Å²) in [5.41, 5.74) is 4.02. The third-order valence-corrected chi connectivity index (χ3v) is 5.98. The van der Waals surface area contributed by atoms with Gasteiger partial charge in [0.1, 0.15) is 23.7 Å². The summed E-state index contributed by atoms with van der Waals surface area (Å²) in [5.74, 6) is -1.91. The zero-order valence-corrected chi connectivity index (χ0v) is 18.7. The first-order chi connectivity index (χ1) is 16.2. The molecule has 2 aromatic carbocycles. The molecule has 0 saturated carbocycles. The Bertz CT molecular complexity index is 1310. The summed E-state index contributed by atoms with van der Waals surface area (Å²) < 4.78 is 13.4. The predicted octanol–water partition coefficient (Wildman–Crippen LogP) is 3.53. The van der Waals surface area contributed by atoms with Gasteiger partial charge in [-0.15, -0.1) is 0 Å². The highest BCUT2D eigenvalue weighted by molar-refractivity contribution is 5.96. The maximum Gasteiger partial charge on any atom is 0.335 e. The Morgan fingerprint density at radius 1 is 1.12 bits per heavy atom. The van der Waals surface area contributed by atoms with Crippen LogP contribution in [-0.2, 0) is 17.6 Å². The van der Waals surface area contributed by atoms with Crippen LogP contribution in [0.2, 0.25) is 0 Å². The topological polar surface area (TPSA) is 121 Å². The van der Waals surface area contributed by atoms with Crippen LogP contribution in [0.4, 0.5) is 10.2 Å². The van der Waals surface area contributed by atoms with Gasteiger partial charge < -0.3 is 15.7 Å². The highest BCUT2D eigenvalue weighted by Crippen LogP contribution is 2.34. The van der Waals surface area contributed by atoms with E-state index in [4.69, 9.17) is 0 Å². The van der Waals surface area contributed by atoms with Crippen molar-refractivity contribution in [2.45, 2.75) is 39.2 Å². The van der Waals surface area contributed by atoms with Crippen molar-refractivity contribution in [3.63, 3.8) is 0 Å². The number of carboxylic acids is 1. The van der Waals surface area contributed by atoms with Crippen LogP contribution in [0, 0.1) is 19.7 Å². The Labute approximate surface area is 195 Å². The minimum absolute atomic E-state index is 0.0309. The molecule has 1 heterocycles. The number of aromatic nitrogens is 2. The molecule has 3 N–H and O–H groups in total. The first kappa shape index (κ1) is 23.0. The standard InChI is InChI=1S/C25H23FN4O4/c1-13-9-15(3-7-19(13)26)10-23(31)30-22-11-21(27-12-28-22)24(32)29-20-8-6-16-14(2)17(25(33)34)4-5-18(16)20/h3-5,7,9,11-12,20H,6,8,10H2,1-2H3,(H,29,32)(H,33,34)(H,27,28,30,31)/t20-/m0/s1. The number of nitrogens with zero attached hydrogens (tertiary/aromatic N) is 2. The third kappa shape index (κ3) is 4.78. The van der Waals surface area contributed by atoms with E-state index in [1.165, 1.54) is 18.5 Å². The average Bonchev–Trinajstić information content (AvgIpc) is 3.20. The van der Waals surface area contributed by atoms with Gasteiger partial charge in [-0.2, -0.15) is 0 Å². The fraction of sp³-hybridized carbons (Fsp3) is 0.240. The zero-order chi connectivity index (χ0) is 24.4. The van der Waals surface area contributed by atoms with Gasteiger partial charge in [-0.05, 0) is 66.6 Å². The second-order valence-electron chi connectivity index (χ2n) is 8.27. The quantitative estimate of drug-likeness (QED) is 0.515. The lowest BCUT2D eigenvalue weighted by Gasteiger charge is -2.15. The molecule has 8 nitrogen and oxygen atoms in total. The molecule has 0 fully saturated rings. The lowest BCUT2D eigenvalue weighted by Crippen LogP contribution is -2.28. The Morgan fingerprint density at radius 3 is 2.65 bits per heavy atom.